The highest BCUT2D eigenvalue weighted by Crippen LogP contribution is 2.29. The fourth-order valence-electron chi connectivity index (χ4n) is 3.98. The number of para-hydroxylation sites is 1. The van der Waals surface area contributed by atoms with Gasteiger partial charge in [-0.3, -0.25) is 9.10 Å². The number of hydrogen-bond acceptors (Lipinski definition) is 5. The molecule has 192 valence electrons. The summed E-state index contributed by atoms with van der Waals surface area (Å²) in [7, 11) is -3.51. The van der Waals surface area contributed by atoms with Gasteiger partial charge in [-0.05, 0) is 74.2 Å². The molecular formula is C28H34N2O5S. The van der Waals surface area contributed by atoms with E-state index in [2.05, 4.69) is 5.32 Å². The summed E-state index contributed by atoms with van der Waals surface area (Å²) in [6.07, 6.45) is 1.21. The molecule has 0 spiro atoms. The first kappa shape index (κ1) is 27.1. The summed E-state index contributed by atoms with van der Waals surface area (Å²) in [6.45, 7) is 9.19. The number of ether oxygens (including phenoxy) is 2. The fraction of sp³-hybridized carbons (Fsp3) is 0.321. The van der Waals surface area contributed by atoms with Crippen LogP contribution in [-0.4, -0.2) is 33.8 Å². The smallest absolute Gasteiger partial charge is 0.251 e. The molecule has 0 atom stereocenters. The van der Waals surface area contributed by atoms with Crippen molar-refractivity contribution < 1.29 is 22.7 Å². The number of rotatable bonds is 11. The van der Waals surface area contributed by atoms with E-state index in [-0.39, 0.29) is 12.5 Å². The third-order valence-corrected chi connectivity index (χ3v) is 6.80. The van der Waals surface area contributed by atoms with E-state index in [1.807, 2.05) is 64.1 Å². The van der Waals surface area contributed by atoms with Gasteiger partial charge in [-0.1, -0.05) is 36.4 Å². The minimum absolute atomic E-state index is 0.179. The van der Waals surface area contributed by atoms with Crippen molar-refractivity contribution in [2.75, 3.05) is 23.8 Å². The first-order valence-corrected chi connectivity index (χ1v) is 13.8. The van der Waals surface area contributed by atoms with E-state index in [1.54, 1.807) is 24.3 Å². The maximum atomic E-state index is 12.7. The molecule has 1 amide bonds. The van der Waals surface area contributed by atoms with Crippen molar-refractivity contribution in [2.24, 2.45) is 0 Å². The average Bonchev–Trinajstić information content (AvgIpc) is 2.83. The van der Waals surface area contributed by atoms with Gasteiger partial charge in [0.25, 0.3) is 5.91 Å². The third kappa shape index (κ3) is 6.79. The summed E-state index contributed by atoms with van der Waals surface area (Å²) >= 11 is 0. The molecule has 0 radical (unpaired) electrons. The molecule has 1 N–H and O–H groups in total. The second-order valence-electron chi connectivity index (χ2n) is 8.54. The third-order valence-electron chi connectivity index (χ3n) is 5.69. The van der Waals surface area contributed by atoms with Crippen LogP contribution in [0.5, 0.6) is 11.5 Å². The van der Waals surface area contributed by atoms with Gasteiger partial charge >= 0.3 is 0 Å². The van der Waals surface area contributed by atoms with Crippen LogP contribution >= 0.6 is 0 Å². The molecule has 3 rings (SSSR count). The van der Waals surface area contributed by atoms with Gasteiger partial charge in [-0.2, -0.15) is 0 Å². The van der Waals surface area contributed by atoms with Crippen LogP contribution in [0.15, 0.2) is 60.7 Å². The predicted molar refractivity (Wildman–Crippen MR) is 143 cm³/mol. The quantitative estimate of drug-likeness (QED) is 0.393. The number of benzene rings is 3. The van der Waals surface area contributed by atoms with Crippen molar-refractivity contribution in [1.82, 2.24) is 5.32 Å². The Morgan fingerprint density at radius 2 is 1.44 bits per heavy atom. The molecule has 3 aromatic carbocycles. The lowest BCUT2D eigenvalue weighted by Gasteiger charge is -2.26. The molecule has 0 unspecified atom stereocenters. The molecule has 0 aliphatic heterocycles. The summed E-state index contributed by atoms with van der Waals surface area (Å²) in [4.78, 5) is 12.7. The lowest BCUT2D eigenvalue weighted by molar-refractivity contribution is 0.0951. The topological polar surface area (TPSA) is 84.9 Å². The van der Waals surface area contributed by atoms with Crippen LogP contribution in [0.25, 0.3) is 0 Å². The van der Waals surface area contributed by atoms with Crippen LogP contribution in [0.1, 0.15) is 46.5 Å². The number of sulfonamides is 1. The molecule has 0 aliphatic carbocycles. The van der Waals surface area contributed by atoms with Crippen molar-refractivity contribution >= 4 is 21.6 Å². The minimum atomic E-state index is -3.51. The van der Waals surface area contributed by atoms with Gasteiger partial charge in [0.05, 0.1) is 31.7 Å². The zero-order valence-corrected chi connectivity index (χ0v) is 22.3. The highest BCUT2D eigenvalue weighted by Gasteiger charge is 2.21. The number of amides is 1. The number of carbonyl (C=O) groups excluding carboxylic acids is 1. The first-order valence-electron chi connectivity index (χ1n) is 11.9. The Labute approximate surface area is 214 Å². The van der Waals surface area contributed by atoms with E-state index < -0.39 is 10.0 Å². The van der Waals surface area contributed by atoms with Crippen LogP contribution in [0.2, 0.25) is 0 Å². The minimum Gasteiger partial charge on any atom is -0.490 e. The van der Waals surface area contributed by atoms with E-state index in [1.165, 1.54) is 10.6 Å². The Hall–Kier alpha value is -3.52. The van der Waals surface area contributed by atoms with Gasteiger partial charge < -0.3 is 14.8 Å². The lowest BCUT2D eigenvalue weighted by Crippen LogP contribution is -2.30. The van der Waals surface area contributed by atoms with E-state index in [4.69, 9.17) is 9.47 Å². The predicted octanol–water partition coefficient (Wildman–Crippen LogP) is 5.00. The Balaban J connectivity index is 1.70. The zero-order valence-electron chi connectivity index (χ0n) is 21.5. The lowest BCUT2D eigenvalue weighted by atomic mass is 10.1. The number of nitrogens with one attached hydrogen (secondary N) is 1. The van der Waals surface area contributed by atoms with Crippen molar-refractivity contribution in [3.8, 4) is 11.5 Å². The molecule has 7 nitrogen and oxygen atoms in total. The van der Waals surface area contributed by atoms with E-state index >= 15 is 0 Å². The van der Waals surface area contributed by atoms with Gasteiger partial charge in [-0.25, -0.2) is 8.42 Å². The van der Waals surface area contributed by atoms with E-state index in [9.17, 15) is 13.2 Å². The number of carbonyl (C=O) groups is 1. The van der Waals surface area contributed by atoms with Crippen LogP contribution < -0.4 is 19.1 Å². The zero-order chi connectivity index (χ0) is 26.3. The molecule has 0 aromatic heterocycles. The molecule has 0 fully saturated rings. The van der Waals surface area contributed by atoms with E-state index in [0.717, 1.165) is 22.3 Å². The van der Waals surface area contributed by atoms with Crippen molar-refractivity contribution in [1.29, 1.82) is 0 Å². The molecule has 0 aliphatic rings. The summed E-state index contributed by atoms with van der Waals surface area (Å²) in [6, 6.07) is 18.3. The van der Waals surface area contributed by atoms with Crippen LogP contribution in [0, 0.1) is 13.8 Å². The monoisotopic (exact) mass is 510 g/mol. The van der Waals surface area contributed by atoms with Gasteiger partial charge in [0.2, 0.25) is 10.0 Å². The molecule has 0 bridgehead atoms. The molecule has 0 saturated carbocycles. The van der Waals surface area contributed by atoms with Crippen molar-refractivity contribution in [3.05, 3.63) is 88.5 Å². The van der Waals surface area contributed by atoms with Crippen molar-refractivity contribution in [3.63, 3.8) is 0 Å². The maximum absolute atomic E-state index is 12.7. The Kier molecular flexibility index (Phi) is 8.98. The highest BCUT2D eigenvalue weighted by molar-refractivity contribution is 7.92. The summed E-state index contributed by atoms with van der Waals surface area (Å²) in [5, 5.41) is 2.92. The number of anilines is 1. The number of nitrogens with zero attached hydrogens (tertiary/aromatic N) is 1. The second-order valence-corrected chi connectivity index (χ2v) is 10.4. The molecule has 0 saturated heterocycles. The standard InChI is InChI=1S/C28H34N2O5S/c1-6-34-25-16-13-23(17-26(25)35-7-2)18-29-28(31)24-14-11-22(12-15-24)19-30(36(5,32)33)27-20(3)9-8-10-21(27)4/h8-17H,6-7,18-19H2,1-5H3,(H,29,31). The summed E-state index contributed by atoms with van der Waals surface area (Å²) < 4.78 is 37.9. The van der Waals surface area contributed by atoms with Gasteiger partial charge in [0.15, 0.2) is 11.5 Å². The van der Waals surface area contributed by atoms with Crippen LogP contribution in [0.3, 0.4) is 0 Å². The maximum Gasteiger partial charge on any atom is 0.251 e. The van der Waals surface area contributed by atoms with Gasteiger partial charge in [0, 0.05) is 12.1 Å². The van der Waals surface area contributed by atoms with Gasteiger partial charge in [-0.15, -0.1) is 0 Å². The Morgan fingerprint density at radius 1 is 0.861 bits per heavy atom. The molecule has 8 heteroatoms. The fourth-order valence-corrected chi connectivity index (χ4v) is 4.98. The Morgan fingerprint density at radius 3 is 2.03 bits per heavy atom. The number of hydrogen-bond donors (Lipinski definition) is 1. The normalized spacial score (nSPS) is 11.1. The van der Waals surface area contributed by atoms with Crippen LogP contribution in [-0.2, 0) is 23.1 Å². The second kappa shape index (κ2) is 11.9. The average molecular weight is 511 g/mol. The van der Waals surface area contributed by atoms with E-state index in [0.29, 0.717) is 42.5 Å². The van der Waals surface area contributed by atoms with Gasteiger partial charge in [0.1, 0.15) is 0 Å². The molecule has 0 heterocycles. The highest BCUT2D eigenvalue weighted by atomic mass is 32.2. The van der Waals surface area contributed by atoms with Crippen molar-refractivity contribution in [2.45, 2.75) is 40.8 Å². The summed E-state index contributed by atoms with van der Waals surface area (Å²) in [5.74, 6) is 1.10. The first-order chi connectivity index (χ1) is 17.1. The SMILES string of the molecule is CCOc1ccc(CNC(=O)c2ccc(CN(c3c(C)cccc3C)S(C)(=O)=O)cc2)cc1OCC. The largest absolute Gasteiger partial charge is 0.490 e. The summed E-state index contributed by atoms with van der Waals surface area (Å²) in [5.41, 5.74) is 4.63. The van der Waals surface area contributed by atoms with Crippen LogP contribution in [0.4, 0.5) is 5.69 Å². The Bertz CT molecular complexity index is 1280. The number of aryl methyl sites for hydroxylation is 2. The molecular weight excluding hydrogens is 476 g/mol. The molecule has 3 aromatic rings. The molecule has 36 heavy (non-hydrogen) atoms.